The van der Waals surface area contributed by atoms with E-state index in [0.717, 1.165) is 0 Å². The van der Waals surface area contributed by atoms with Crippen molar-refractivity contribution in [2.45, 2.75) is 45.6 Å². The summed E-state index contributed by atoms with van der Waals surface area (Å²) in [5, 5.41) is 0. The molecule has 2 heteroatoms. The van der Waals surface area contributed by atoms with Gasteiger partial charge >= 0.3 is 0 Å². The van der Waals surface area contributed by atoms with Crippen LogP contribution in [0.4, 0.5) is 0 Å². The van der Waals surface area contributed by atoms with Crippen molar-refractivity contribution in [2.75, 3.05) is 0 Å². The van der Waals surface area contributed by atoms with Gasteiger partial charge < -0.3 is 0 Å². The Morgan fingerprint density at radius 1 is 1.30 bits per heavy atom. The van der Waals surface area contributed by atoms with E-state index in [9.17, 15) is 0 Å². The fraction of sp³-hybridized carbons (Fsp3) is 0.875. The lowest BCUT2D eigenvalue weighted by molar-refractivity contribution is 0.722. The first-order chi connectivity index (χ1) is 4.81. The van der Waals surface area contributed by atoms with Crippen molar-refractivity contribution >= 4 is 18.1 Å². The van der Waals surface area contributed by atoms with E-state index in [1.165, 1.54) is 41.5 Å². The van der Waals surface area contributed by atoms with Crippen molar-refractivity contribution in [3.8, 4) is 0 Å². The van der Waals surface area contributed by atoms with Crippen molar-refractivity contribution < 1.29 is 0 Å². The summed E-state index contributed by atoms with van der Waals surface area (Å²) in [5.41, 5.74) is 0. The van der Waals surface area contributed by atoms with Crippen LogP contribution in [-0.2, 0) is 0 Å². The van der Waals surface area contributed by atoms with Crippen LogP contribution in [-0.4, -0.2) is 18.1 Å². The molecule has 0 N–H and O–H groups in total. The molecule has 0 saturated heterocycles. The highest BCUT2D eigenvalue weighted by atomic mass is 29.1. The molecule has 0 bridgehead atoms. The van der Waals surface area contributed by atoms with E-state index in [1.54, 1.807) is 0 Å². The monoisotopic (exact) mass is 173 g/mol. The maximum atomic E-state index is 2.65. The molecule has 0 aliphatic rings. The third kappa shape index (κ3) is 6.55. The molecule has 0 heterocycles. The highest BCUT2D eigenvalue weighted by Gasteiger charge is 1.98. The van der Waals surface area contributed by atoms with Gasteiger partial charge in [0.05, 0.1) is 0 Å². The zero-order valence-electron chi connectivity index (χ0n) is 7.69. The molecule has 1 radical (unpaired) electrons. The van der Waals surface area contributed by atoms with Gasteiger partial charge in [0.1, 0.15) is 0 Å². The fourth-order valence-corrected chi connectivity index (χ4v) is 3.10. The minimum absolute atomic E-state index is 0.210. The van der Waals surface area contributed by atoms with E-state index < -0.39 is 0 Å². The summed E-state index contributed by atoms with van der Waals surface area (Å²) < 4.78 is 0. The third-order valence-electron chi connectivity index (χ3n) is 2.02. The molecule has 0 aromatic rings. The lowest BCUT2D eigenvalue weighted by Crippen LogP contribution is -2.11. The largest absolute Gasteiger partial charge is 0.0682 e. The summed E-state index contributed by atoms with van der Waals surface area (Å²) in [6.45, 7) is 4.62. The molecule has 10 heavy (non-hydrogen) atoms. The van der Waals surface area contributed by atoms with Crippen molar-refractivity contribution in [1.29, 1.82) is 0 Å². The second kappa shape index (κ2) is 7.54. The van der Waals surface area contributed by atoms with Crippen molar-refractivity contribution in [1.82, 2.24) is 0 Å². The number of hydrogen-bond donors (Lipinski definition) is 0. The highest BCUT2D eigenvalue weighted by molar-refractivity contribution is 7.05. The third-order valence-corrected chi connectivity index (χ3v) is 8.31. The first-order valence-electron chi connectivity index (χ1n) is 4.64. The Hall–Kier alpha value is 0.434. The van der Waals surface area contributed by atoms with E-state index in [-0.39, 0.29) is 8.31 Å². The molecule has 0 rings (SSSR count). The minimum atomic E-state index is -0.210. The molecule has 0 nitrogen and oxygen atoms in total. The molecule has 0 fully saturated rings. The Labute approximate surface area is 70.2 Å². The Bertz CT molecular complexity index is 64.3. The number of unbranched alkanes of at least 4 members (excludes halogenated alkanes) is 3. The summed E-state index contributed by atoms with van der Waals surface area (Å²) in [6, 6.07) is 4.15. The molecule has 0 aliphatic heterocycles. The van der Waals surface area contributed by atoms with Crippen LogP contribution in [0.2, 0.25) is 6.04 Å². The summed E-state index contributed by atoms with van der Waals surface area (Å²) >= 11 is 0. The summed E-state index contributed by atoms with van der Waals surface area (Å²) in [5.74, 6) is 0. The van der Waals surface area contributed by atoms with Gasteiger partial charge in [-0.1, -0.05) is 51.6 Å². The van der Waals surface area contributed by atoms with Gasteiger partial charge in [-0.15, -0.1) is 0 Å². The fourth-order valence-electron chi connectivity index (χ4n) is 0.963. The Morgan fingerprint density at radius 2 is 2.00 bits per heavy atom. The van der Waals surface area contributed by atoms with Crippen LogP contribution < -0.4 is 0 Å². The van der Waals surface area contributed by atoms with Crippen LogP contribution in [0.25, 0.3) is 0 Å². The number of rotatable bonds is 6. The zero-order chi connectivity index (χ0) is 7.82. The standard InChI is InChI=1S/C8H21Si2/c1-3-5-6-7-8-10(9)4-2/h8,10H,3-7H2,1-2,9H3. The van der Waals surface area contributed by atoms with Gasteiger partial charge in [-0.25, -0.2) is 0 Å². The topological polar surface area (TPSA) is 0 Å². The van der Waals surface area contributed by atoms with Gasteiger partial charge in [0, 0.05) is 8.31 Å². The van der Waals surface area contributed by atoms with Gasteiger partial charge in [-0.3, -0.25) is 0 Å². The molecular formula is C8H21Si2. The summed E-state index contributed by atoms with van der Waals surface area (Å²) in [6.07, 6.45) is 5.67. The minimum Gasteiger partial charge on any atom is -0.0682 e. The number of hydrogen-bond acceptors (Lipinski definition) is 0. The van der Waals surface area contributed by atoms with Gasteiger partial charge in [0.15, 0.2) is 0 Å². The zero-order valence-corrected chi connectivity index (χ0v) is 10.8. The van der Waals surface area contributed by atoms with Crippen LogP contribution >= 0.6 is 0 Å². The molecule has 0 spiro atoms. The molecule has 0 amide bonds. The molecular weight excluding hydrogens is 152 g/mol. The van der Waals surface area contributed by atoms with Crippen LogP contribution in [0.15, 0.2) is 0 Å². The van der Waals surface area contributed by atoms with Crippen LogP contribution in [0.3, 0.4) is 0 Å². The lowest BCUT2D eigenvalue weighted by atomic mass is 10.2. The SMILES string of the molecule is CCCCC[CH][SiH]([SiH3])CC. The van der Waals surface area contributed by atoms with Gasteiger partial charge in [-0.2, -0.15) is 0 Å². The van der Waals surface area contributed by atoms with Crippen molar-refractivity contribution in [2.24, 2.45) is 0 Å². The maximum Gasteiger partial charge on any atom is 0.0232 e. The van der Waals surface area contributed by atoms with Crippen LogP contribution in [0.1, 0.15) is 39.5 Å². The Balaban J connectivity index is 2.89. The molecule has 0 saturated carbocycles. The smallest absolute Gasteiger partial charge is 0.0232 e. The molecule has 1 unspecified atom stereocenters. The van der Waals surface area contributed by atoms with E-state index in [0.29, 0.717) is 0 Å². The average molecular weight is 173 g/mol. The molecule has 61 valence electrons. The first kappa shape index (κ1) is 10.4. The quantitative estimate of drug-likeness (QED) is 0.421. The second-order valence-electron chi connectivity index (χ2n) is 3.12. The van der Waals surface area contributed by atoms with E-state index >= 15 is 0 Å². The lowest BCUT2D eigenvalue weighted by Gasteiger charge is -2.04. The Morgan fingerprint density at radius 3 is 2.50 bits per heavy atom. The van der Waals surface area contributed by atoms with Gasteiger partial charge in [0.2, 0.25) is 0 Å². The van der Waals surface area contributed by atoms with Crippen molar-refractivity contribution in [3.63, 3.8) is 0 Å². The molecule has 0 aliphatic carbocycles. The van der Waals surface area contributed by atoms with Crippen LogP contribution in [0, 0.1) is 6.04 Å². The van der Waals surface area contributed by atoms with E-state index in [1.807, 2.05) is 0 Å². The maximum absolute atomic E-state index is 2.65. The molecule has 0 aromatic carbocycles. The molecule has 1 atom stereocenters. The predicted molar refractivity (Wildman–Crippen MR) is 56.0 cm³/mol. The molecule has 0 aromatic heterocycles. The first-order valence-corrected chi connectivity index (χ1v) is 10.7. The van der Waals surface area contributed by atoms with E-state index in [2.05, 4.69) is 19.9 Å². The van der Waals surface area contributed by atoms with Gasteiger partial charge in [0.25, 0.3) is 0 Å². The summed E-state index contributed by atoms with van der Waals surface area (Å²) in [4.78, 5) is 0. The average Bonchev–Trinajstić information content (AvgIpc) is 1.98. The van der Waals surface area contributed by atoms with Crippen molar-refractivity contribution in [3.05, 3.63) is 6.04 Å². The summed E-state index contributed by atoms with van der Waals surface area (Å²) in [7, 11) is 1.28. The highest BCUT2D eigenvalue weighted by Crippen LogP contribution is 2.03. The Kier molecular flexibility index (Phi) is 7.87. The van der Waals surface area contributed by atoms with Crippen LogP contribution in [0.5, 0.6) is 0 Å². The predicted octanol–water partition coefficient (Wildman–Crippen LogP) is 1.42. The van der Waals surface area contributed by atoms with Gasteiger partial charge in [-0.05, 0) is 9.76 Å². The normalized spacial score (nSPS) is 13.8. The second-order valence-corrected chi connectivity index (χ2v) is 10.8. The van der Waals surface area contributed by atoms with E-state index in [4.69, 9.17) is 0 Å².